The lowest BCUT2D eigenvalue weighted by Gasteiger charge is -2.28. The van der Waals surface area contributed by atoms with Crippen LogP contribution in [0.1, 0.15) is 35.7 Å². The lowest BCUT2D eigenvalue weighted by molar-refractivity contribution is 0.198. The molecule has 8 heteroatoms. The fourth-order valence-corrected chi connectivity index (χ4v) is 4.71. The fraction of sp³-hybridized carbons (Fsp3) is 0.500. The van der Waals surface area contributed by atoms with Crippen molar-refractivity contribution < 1.29 is 9.50 Å². The topological polar surface area (TPSA) is 79.1 Å². The first-order valence-corrected chi connectivity index (χ1v) is 10.6. The van der Waals surface area contributed by atoms with Gasteiger partial charge in [-0.05, 0) is 56.5 Å². The van der Waals surface area contributed by atoms with Crippen LogP contribution in [0.5, 0.6) is 0 Å². The van der Waals surface area contributed by atoms with Crippen molar-refractivity contribution in [1.29, 1.82) is 0 Å². The number of halogens is 1. The third-order valence-electron chi connectivity index (χ3n) is 6.28. The molecule has 158 valence electrons. The molecule has 0 spiro atoms. The molecular formula is C22H27FN6O. The maximum atomic E-state index is 14.6. The van der Waals surface area contributed by atoms with E-state index >= 15 is 0 Å². The minimum Gasteiger partial charge on any atom is -0.391 e. The van der Waals surface area contributed by atoms with E-state index in [1.54, 1.807) is 0 Å². The summed E-state index contributed by atoms with van der Waals surface area (Å²) in [5.74, 6) is 2.04. The largest absolute Gasteiger partial charge is 0.391 e. The van der Waals surface area contributed by atoms with Crippen LogP contribution >= 0.6 is 0 Å². The molecule has 2 aliphatic rings. The summed E-state index contributed by atoms with van der Waals surface area (Å²) in [6.45, 7) is 6.49. The summed E-state index contributed by atoms with van der Waals surface area (Å²) in [6.07, 6.45) is 2.15. The van der Waals surface area contributed by atoms with E-state index in [0.29, 0.717) is 24.7 Å². The highest BCUT2D eigenvalue weighted by Crippen LogP contribution is 2.33. The number of fused-ring (bicyclic) bond motifs is 1. The van der Waals surface area contributed by atoms with Crippen molar-refractivity contribution >= 4 is 16.7 Å². The number of benzene rings is 1. The average Bonchev–Trinajstić information content (AvgIpc) is 3.33. The van der Waals surface area contributed by atoms with Gasteiger partial charge in [-0.1, -0.05) is 0 Å². The Kier molecular flexibility index (Phi) is 4.91. The van der Waals surface area contributed by atoms with E-state index in [-0.39, 0.29) is 12.0 Å². The fourth-order valence-electron chi connectivity index (χ4n) is 4.71. The Morgan fingerprint density at radius 2 is 1.97 bits per heavy atom. The molecule has 5 rings (SSSR count). The van der Waals surface area contributed by atoms with Gasteiger partial charge in [-0.25, -0.2) is 19.0 Å². The SMILES string of the molecule is Cc1nc(N2CC[C@H](O)C2)cc(-n2ncc3cc(C)c(C4CCNCC4F)cc32)n1. The normalized spacial score (nSPS) is 24.7. The molecule has 2 aromatic heterocycles. The number of piperidine rings is 1. The van der Waals surface area contributed by atoms with E-state index < -0.39 is 6.17 Å². The number of alkyl halides is 1. The van der Waals surface area contributed by atoms with Gasteiger partial charge in [0.05, 0.1) is 17.8 Å². The molecule has 2 saturated heterocycles. The molecule has 0 amide bonds. The minimum atomic E-state index is -0.888. The molecule has 4 heterocycles. The lowest BCUT2D eigenvalue weighted by atomic mass is 9.85. The summed E-state index contributed by atoms with van der Waals surface area (Å²) < 4.78 is 16.5. The summed E-state index contributed by atoms with van der Waals surface area (Å²) in [4.78, 5) is 11.3. The van der Waals surface area contributed by atoms with Gasteiger partial charge in [0.2, 0.25) is 0 Å². The minimum absolute atomic E-state index is 0.104. The zero-order chi connectivity index (χ0) is 20.8. The van der Waals surface area contributed by atoms with E-state index in [1.165, 1.54) is 0 Å². The Labute approximate surface area is 174 Å². The first-order valence-electron chi connectivity index (χ1n) is 10.6. The summed E-state index contributed by atoms with van der Waals surface area (Å²) >= 11 is 0. The number of rotatable bonds is 3. The van der Waals surface area contributed by atoms with Crippen molar-refractivity contribution in [2.45, 2.75) is 44.9 Å². The molecular weight excluding hydrogens is 383 g/mol. The zero-order valence-electron chi connectivity index (χ0n) is 17.3. The van der Waals surface area contributed by atoms with Gasteiger partial charge in [-0.2, -0.15) is 5.10 Å². The molecule has 3 aromatic rings. The Morgan fingerprint density at radius 1 is 1.13 bits per heavy atom. The maximum Gasteiger partial charge on any atom is 0.159 e. The molecule has 0 saturated carbocycles. The monoisotopic (exact) mass is 410 g/mol. The predicted octanol–water partition coefficient (Wildman–Crippen LogP) is 2.42. The van der Waals surface area contributed by atoms with E-state index in [4.69, 9.17) is 0 Å². The second-order valence-corrected chi connectivity index (χ2v) is 8.46. The third kappa shape index (κ3) is 3.44. The van der Waals surface area contributed by atoms with Crippen molar-refractivity contribution in [3.8, 4) is 5.82 Å². The standard InChI is InChI=1S/C22H27FN6O/c1-13-7-15-10-25-29(20(15)8-18(13)17-3-5-24-11-19(17)23)22-9-21(26-14(2)27-22)28-6-4-16(30)12-28/h7-10,16-17,19,24,30H,3-6,11-12H2,1-2H3/t16-,17?,19?/m0/s1. The molecule has 7 nitrogen and oxygen atoms in total. The molecule has 30 heavy (non-hydrogen) atoms. The van der Waals surface area contributed by atoms with Crippen LogP contribution in [-0.2, 0) is 0 Å². The van der Waals surface area contributed by atoms with Crippen LogP contribution in [0.25, 0.3) is 16.7 Å². The molecule has 2 unspecified atom stereocenters. The molecule has 3 atom stereocenters. The number of aromatic nitrogens is 4. The molecule has 2 N–H and O–H groups in total. The van der Waals surface area contributed by atoms with E-state index in [2.05, 4.69) is 37.4 Å². The summed E-state index contributed by atoms with van der Waals surface area (Å²) in [7, 11) is 0. The van der Waals surface area contributed by atoms with Gasteiger partial charge >= 0.3 is 0 Å². The highest BCUT2D eigenvalue weighted by atomic mass is 19.1. The number of hydrogen-bond donors (Lipinski definition) is 2. The maximum absolute atomic E-state index is 14.6. The van der Waals surface area contributed by atoms with Crippen molar-refractivity contribution in [3.05, 3.63) is 41.3 Å². The first kappa shape index (κ1) is 19.4. The molecule has 0 bridgehead atoms. The number of nitrogens with zero attached hydrogens (tertiary/aromatic N) is 5. The summed E-state index contributed by atoms with van der Waals surface area (Å²) in [6, 6.07) is 6.09. The van der Waals surface area contributed by atoms with Crippen LogP contribution in [0.3, 0.4) is 0 Å². The van der Waals surface area contributed by atoms with Crippen LogP contribution in [-0.4, -0.2) is 63.3 Å². The van der Waals surface area contributed by atoms with Gasteiger partial charge in [0, 0.05) is 37.0 Å². The Morgan fingerprint density at radius 3 is 2.73 bits per heavy atom. The molecule has 0 radical (unpaired) electrons. The van der Waals surface area contributed by atoms with Crippen molar-refractivity contribution in [2.24, 2.45) is 0 Å². The van der Waals surface area contributed by atoms with Crippen LogP contribution < -0.4 is 10.2 Å². The Hall–Kier alpha value is -2.58. The van der Waals surface area contributed by atoms with E-state index in [9.17, 15) is 9.50 Å². The second-order valence-electron chi connectivity index (χ2n) is 8.46. The highest BCUT2D eigenvalue weighted by molar-refractivity contribution is 5.82. The molecule has 2 fully saturated rings. The van der Waals surface area contributed by atoms with Gasteiger partial charge < -0.3 is 15.3 Å². The van der Waals surface area contributed by atoms with Crippen LogP contribution in [0.15, 0.2) is 24.4 Å². The number of β-amino-alcohol motifs (C(OH)–C–C–N with tert-alkyl or cyclic N) is 1. The summed E-state index contributed by atoms with van der Waals surface area (Å²) in [5.41, 5.74) is 3.07. The van der Waals surface area contributed by atoms with Gasteiger partial charge in [0.15, 0.2) is 5.82 Å². The van der Waals surface area contributed by atoms with Crippen LogP contribution in [0.2, 0.25) is 0 Å². The Bertz CT molecular complexity index is 1080. The second kappa shape index (κ2) is 7.59. The smallest absolute Gasteiger partial charge is 0.159 e. The van der Waals surface area contributed by atoms with Gasteiger partial charge in [-0.3, -0.25) is 0 Å². The highest BCUT2D eigenvalue weighted by Gasteiger charge is 2.28. The number of hydrogen-bond acceptors (Lipinski definition) is 6. The average molecular weight is 410 g/mol. The quantitative estimate of drug-likeness (QED) is 0.691. The number of anilines is 1. The predicted molar refractivity (Wildman–Crippen MR) is 114 cm³/mol. The van der Waals surface area contributed by atoms with Gasteiger partial charge in [0.25, 0.3) is 0 Å². The first-order chi connectivity index (χ1) is 14.5. The van der Waals surface area contributed by atoms with E-state index in [1.807, 2.05) is 30.8 Å². The molecule has 0 aliphatic carbocycles. The van der Waals surface area contributed by atoms with Crippen LogP contribution in [0, 0.1) is 13.8 Å². The number of nitrogens with one attached hydrogen (secondary N) is 1. The van der Waals surface area contributed by atoms with Crippen molar-refractivity contribution in [2.75, 3.05) is 31.1 Å². The van der Waals surface area contributed by atoms with Crippen molar-refractivity contribution in [1.82, 2.24) is 25.1 Å². The molecule has 2 aliphatic heterocycles. The van der Waals surface area contributed by atoms with Gasteiger partial charge in [-0.15, -0.1) is 0 Å². The number of aliphatic hydroxyl groups excluding tert-OH is 1. The van der Waals surface area contributed by atoms with Crippen molar-refractivity contribution in [3.63, 3.8) is 0 Å². The lowest BCUT2D eigenvalue weighted by Crippen LogP contribution is -2.36. The van der Waals surface area contributed by atoms with Gasteiger partial charge in [0.1, 0.15) is 17.8 Å². The van der Waals surface area contributed by atoms with E-state index in [0.717, 1.165) is 53.8 Å². The zero-order valence-corrected chi connectivity index (χ0v) is 17.3. The number of aryl methyl sites for hydroxylation is 2. The molecule has 1 aromatic carbocycles. The third-order valence-corrected chi connectivity index (χ3v) is 6.28. The number of aliphatic hydroxyl groups is 1. The van der Waals surface area contributed by atoms with Crippen LogP contribution in [0.4, 0.5) is 10.2 Å². The summed E-state index contributed by atoms with van der Waals surface area (Å²) in [5, 5.41) is 18.6. The Balaban J connectivity index is 1.58.